The summed E-state index contributed by atoms with van der Waals surface area (Å²) in [6.07, 6.45) is 1.80. The van der Waals surface area contributed by atoms with Gasteiger partial charge < -0.3 is 13.9 Å². The summed E-state index contributed by atoms with van der Waals surface area (Å²) in [5.74, 6) is 0.792. The number of rotatable bonds is 9. The molecule has 0 fully saturated rings. The van der Waals surface area contributed by atoms with Crippen molar-refractivity contribution in [3.63, 3.8) is 0 Å². The molecule has 3 aromatic carbocycles. The molecule has 2 aromatic heterocycles. The van der Waals surface area contributed by atoms with Crippen LogP contribution in [0.25, 0.3) is 17.4 Å². The van der Waals surface area contributed by atoms with Crippen LogP contribution in [0, 0.1) is 17.3 Å². The number of halogens is 2. The van der Waals surface area contributed by atoms with Crippen molar-refractivity contribution in [1.82, 2.24) is 4.57 Å². The minimum atomic E-state index is -0.964. The largest absolute Gasteiger partial charge is 0.487 e. The van der Waals surface area contributed by atoms with Crippen LogP contribution >= 0.6 is 56.5 Å². The third-order valence-electron chi connectivity index (χ3n) is 7.30. The zero-order valence-corrected chi connectivity index (χ0v) is 30.1. The molecule has 47 heavy (non-hydrogen) atoms. The number of carbonyl (C=O) groups is 1. The number of allylic oxidation sites excluding steroid dienone is 1. The van der Waals surface area contributed by atoms with Gasteiger partial charge in [0.15, 0.2) is 4.80 Å². The van der Waals surface area contributed by atoms with Crippen LogP contribution in [0.4, 0.5) is 5.69 Å². The molecule has 0 amide bonds. The number of ether oxygens (including phenoxy) is 2. The first-order chi connectivity index (χ1) is 22.6. The highest BCUT2D eigenvalue weighted by molar-refractivity contribution is 14.1. The molecule has 0 unspecified atom stereocenters. The standard InChI is InChI=1S/C34H25I2N3O7S/c1-3-44-33(41)29-19(2)37-34-38(30(29)27-13-12-26(46-27)22-10-7-11-23(17-22)39(42)43)32(40)28(47-34)16-21-14-24(35)31(25(36)15-21)45-18-20-8-5-4-6-9-20/h4-17,30H,3,18H2,1-2H3/b28-16-/t30-/m0/s1. The highest BCUT2D eigenvalue weighted by atomic mass is 127. The number of nitro benzene ring substituents is 1. The Balaban J connectivity index is 1.41. The van der Waals surface area contributed by atoms with E-state index in [2.05, 4.69) is 50.2 Å². The number of non-ortho nitro benzene ring substituents is 1. The Kier molecular flexibility index (Phi) is 9.75. The highest BCUT2D eigenvalue weighted by Crippen LogP contribution is 2.35. The summed E-state index contributed by atoms with van der Waals surface area (Å²) in [5.41, 5.74) is 2.49. The van der Waals surface area contributed by atoms with E-state index in [9.17, 15) is 19.7 Å². The van der Waals surface area contributed by atoms with E-state index >= 15 is 0 Å². The van der Waals surface area contributed by atoms with Gasteiger partial charge in [0.1, 0.15) is 29.9 Å². The number of carbonyl (C=O) groups excluding carboxylic acids is 1. The Morgan fingerprint density at radius 2 is 1.83 bits per heavy atom. The van der Waals surface area contributed by atoms with E-state index in [0.717, 1.165) is 24.0 Å². The monoisotopic (exact) mass is 873 g/mol. The molecule has 0 N–H and O–H groups in total. The maximum Gasteiger partial charge on any atom is 0.338 e. The molecule has 0 spiro atoms. The van der Waals surface area contributed by atoms with Crippen molar-refractivity contribution in [3.8, 4) is 17.1 Å². The van der Waals surface area contributed by atoms with Gasteiger partial charge in [0.05, 0.1) is 34.5 Å². The van der Waals surface area contributed by atoms with Crippen molar-refractivity contribution < 1.29 is 23.6 Å². The fourth-order valence-corrected chi connectivity index (χ4v) is 8.34. The number of nitro groups is 1. The molecular formula is C34H25I2N3O7S. The molecule has 0 saturated carbocycles. The second-order valence-corrected chi connectivity index (χ2v) is 13.7. The maximum absolute atomic E-state index is 14.1. The summed E-state index contributed by atoms with van der Waals surface area (Å²) >= 11 is 5.67. The van der Waals surface area contributed by atoms with Crippen LogP contribution in [-0.2, 0) is 16.1 Å². The fourth-order valence-electron chi connectivity index (χ4n) is 5.17. The minimum Gasteiger partial charge on any atom is -0.487 e. The molecule has 5 aromatic rings. The summed E-state index contributed by atoms with van der Waals surface area (Å²) in [6.45, 7) is 3.96. The van der Waals surface area contributed by atoms with Gasteiger partial charge >= 0.3 is 5.97 Å². The average molecular weight is 873 g/mol. The van der Waals surface area contributed by atoms with Crippen LogP contribution < -0.4 is 19.6 Å². The van der Waals surface area contributed by atoms with Crippen molar-refractivity contribution in [2.45, 2.75) is 26.5 Å². The summed E-state index contributed by atoms with van der Waals surface area (Å²) in [6, 6.07) is 22.2. The molecule has 1 aliphatic rings. The van der Waals surface area contributed by atoms with Crippen molar-refractivity contribution >= 4 is 74.3 Å². The van der Waals surface area contributed by atoms with E-state index in [4.69, 9.17) is 13.9 Å². The van der Waals surface area contributed by atoms with Crippen LogP contribution in [0.3, 0.4) is 0 Å². The van der Waals surface area contributed by atoms with E-state index < -0.39 is 16.9 Å². The average Bonchev–Trinajstić information content (AvgIpc) is 3.65. The first-order valence-electron chi connectivity index (χ1n) is 14.3. The molecule has 6 rings (SSSR count). The third-order valence-corrected chi connectivity index (χ3v) is 9.88. The van der Waals surface area contributed by atoms with E-state index in [0.29, 0.717) is 38.7 Å². The van der Waals surface area contributed by atoms with Gasteiger partial charge in [-0.1, -0.05) is 53.8 Å². The molecule has 10 nitrogen and oxygen atoms in total. The number of hydrogen-bond donors (Lipinski definition) is 0. The predicted octanol–water partition coefficient (Wildman–Crippen LogP) is 6.75. The molecular weight excluding hydrogens is 848 g/mol. The molecule has 0 aliphatic carbocycles. The van der Waals surface area contributed by atoms with Crippen LogP contribution in [-0.4, -0.2) is 22.1 Å². The Morgan fingerprint density at radius 1 is 1.09 bits per heavy atom. The summed E-state index contributed by atoms with van der Waals surface area (Å²) < 4.78 is 21.4. The van der Waals surface area contributed by atoms with Crippen molar-refractivity contribution in [2.24, 2.45) is 4.99 Å². The van der Waals surface area contributed by atoms with Gasteiger partial charge in [-0.15, -0.1) is 0 Å². The van der Waals surface area contributed by atoms with Gasteiger partial charge in [-0.2, -0.15) is 0 Å². The Labute approximate surface area is 299 Å². The topological polar surface area (TPSA) is 126 Å². The molecule has 1 atom stereocenters. The van der Waals surface area contributed by atoms with Crippen molar-refractivity contribution in [3.05, 3.63) is 144 Å². The normalized spacial score (nSPS) is 14.5. The second kappa shape index (κ2) is 13.9. The summed E-state index contributed by atoms with van der Waals surface area (Å²) in [4.78, 5) is 43.3. The lowest BCUT2D eigenvalue weighted by Crippen LogP contribution is -2.39. The number of fused-ring (bicyclic) bond motifs is 1. The Bertz CT molecular complexity index is 2220. The van der Waals surface area contributed by atoms with Gasteiger partial charge in [0.2, 0.25) is 0 Å². The number of aromatic nitrogens is 1. The van der Waals surface area contributed by atoms with Gasteiger partial charge in [0, 0.05) is 17.7 Å². The zero-order chi connectivity index (χ0) is 33.2. The highest BCUT2D eigenvalue weighted by Gasteiger charge is 2.35. The molecule has 3 heterocycles. The molecule has 0 bridgehead atoms. The van der Waals surface area contributed by atoms with E-state index in [1.165, 1.54) is 28.0 Å². The number of benzene rings is 3. The third kappa shape index (κ3) is 6.82. The molecule has 238 valence electrons. The number of furan rings is 1. The maximum atomic E-state index is 14.1. The minimum absolute atomic E-state index is 0.0866. The molecule has 0 saturated heterocycles. The predicted molar refractivity (Wildman–Crippen MR) is 194 cm³/mol. The summed E-state index contributed by atoms with van der Waals surface area (Å²) in [5, 5.41) is 11.4. The number of nitrogens with zero attached hydrogens (tertiary/aromatic N) is 3. The zero-order valence-electron chi connectivity index (χ0n) is 24.9. The lowest BCUT2D eigenvalue weighted by atomic mass is 10.0. The van der Waals surface area contributed by atoms with Crippen LogP contribution in [0.2, 0.25) is 0 Å². The Hall–Kier alpha value is -4.09. The summed E-state index contributed by atoms with van der Waals surface area (Å²) in [7, 11) is 0. The van der Waals surface area contributed by atoms with Crippen LogP contribution in [0.5, 0.6) is 5.75 Å². The molecule has 13 heteroatoms. The Morgan fingerprint density at radius 3 is 2.53 bits per heavy atom. The second-order valence-electron chi connectivity index (χ2n) is 10.4. The quantitative estimate of drug-likeness (QED) is 0.0695. The van der Waals surface area contributed by atoms with Gasteiger partial charge in [-0.3, -0.25) is 19.5 Å². The lowest BCUT2D eigenvalue weighted by Gasteiger charge is -2.22. The van der Waals surface area contributed by atoms with Gasteiger partial charge in [-0.05, 0) is 100 Å². The van der Waals surface area contributed by atoms with E-state index in [1.807, 2.05) is 42.5 Å². The SMILES string of the molecule is CCOC(=O)C1=C(C)N=c2s/c(=C\c3cc(I)c(OCc4ccccc4)c(I)c3)c(=O)n2[C@H]1c1ccc(-c2cccc([N+](=O)[O-])c2)o1. The molecule has 0 radical (unpaired) electrons. The van der Waals surface area contributed by atoms with Crippen molar-refractivity contribution in [1.29, 1.82) is 0 Å². The number of hydrogen-bond acceptors (Lipinski definition) is 9. The molecule has 1 aliphatic heterocycles. The van der Waals surface area contributed by atoms with E-state index in [1.54, 1.807) is 44.2 Å². The van der Waals surface area contributed by atoms with Gasteiger partial charge in [0.25, 0.3) is 11.2 Å². The number of esters is 1. The lowest BCUT2D eigenvalue weighted by molar-refractivity contribution is -0.384. The first kappa shape index (κ1) is 32.8. The number of thiazole rings is 1. The van der Waals surface area contributed by atoms with Gasteiger partial charge in [-0.25, -0.2) is 9.79 Å². The smallest absolute Gasteiger partial charge is 0.338 e. The van der Waals surface area contributed by atoms with Crippen LogP contribution in [0.1, 0.15) is 36.8 Å². The van der Waals surface area contributed by atoms with Crippen LogP contribution in [0.15, 0.2) is 104 Å². The first-order valence-corrected chi connectivity index (χ1v) is 17.3. The van der Waals surface area contributed by atoms with E-state index in [-0.39, 0.29) is 23.4 Å². The fraction of sp³-hybridized carbons (Fsp3) is 0.147. The van der Waals surface area contributed by atoms with Crippen molar-refractivity contribution in [2.75, 3.05) is 6.61 Å².